The summed E-state index contributed by atoms with van der Waals surface area (Å²) in [5.74, 6) is 0.637. The van der Waals surface area contributed by atoms with E-state index >= 15 is 0 Å². The first kappa shape index (κ1) is 43.5. The maximum Gasteiger partial charge on any atom is 0.305 e. The molecule has 44 heavy (non-hydrogen) atoms. The fraction of sp³-hybridized carbons (Fsp3) is 0.976. The second kappa shape index (κ2) is 38.7. The van der Waals surface area contributed by atoms with E-state index in [0.29, 0.717) is 18.9 Å². The van der Waals surface area contributed by atoms with Crippen molar-refractivity contribution in [3.8, 4) is 0 Å². The number of rotatable bonds is 38. The molecule has 0 amide bonds. The lowest BCUT2D eigenvalue weighted by Crippen LogP contribution is -2.14. The standard InChI is InChI=1S/C42H84O2/c1-4-7-10-13-16-19-21-22-23-24-25-27-30-33-36-39-42(43)44-40-41(37-34-31-28-18-15-12-9-6-3)38-35-32-29-26-20-17-14-11-8-5-2/h41H,4-40H2,1-3H3. The Morgan fingerprint density at radius 2 is 0.614 bits per heavy atom. The number of carbonyl (C=O) groups is 1. The first-order chi connectivity index (χ1) is 21.7. The average Bonchev–Trinajstić information content (AvgIpc) is 3.03. The molecule has 0 fully saturated rings. The molecular formula is C42H84O2. The molecule has 264 valence electrons. The van der Waals surface area contributed by atoms with E-state index in [-0.39, 0.29) is 5.97 Å². The molecule has 0 heterocycles. The third-order valence-electron chi connectivity index (χ3n) is 9.90. The zero-order valence-corrected chi connectivity index (χ0v) is 31.1. The van der Waals surface area contributed by atoms with Gasteiger partial charge in [-0.05, 0) is 25.2 Å². The van der Waals surface area contributed by atoms with Crippen LogP contribution in [0.4, 0.5) is 0 Å². The summed E-state index contributed by atoms with van der Waals surface area (Å²) in [4.78, 5) is 12.5. The number of hydrogen-bond acceptors (Lipinski definition) is 2. The van der Waals surface area contributed by atoms with Gasteiger partial charge in [0.25, 0.3) is 0 Å². The van der Waals surface area contributed by atoms with Crippen LogP contribution in [-0.2, 0) is 9.53 Å². The molecule has 0 aliphatic carbocycles. The minimum Gasteiger partial charge on any atom is -0.465 e. The van der Waals surface area contributed by atoms with E-state index < -0.39 is 0 Å². The SMILES string of the molecule is CCCCCCCCCCCCCCCCCC(=O)OCC(CCCCCCCCCC)CCCCCCCCCCCC. The smallest absolute Gasteiger partial charge is 0.305 e. The Morgan fingerprint density at radius 1 is 0.364 bits per heavy atom. The van der Waals surface area contributed by atoms with Gasteiger partial charge in [0.1, 0.15) is 0 Å². The predicted octanol–water partition coefficient (Wildman–Crippen LogP) is 15.2. The van der Waals surface area contributed by atoms with Crippen LogP contribution in [0, 0.1) is 5.92 Å². The summed E-state index contributed by atoms with van der Waals surface area (Å²) in [6.07, 6.45) is 48.5. The highest BCUT2D eigenvalue weighted by Gasteiger charge is 2.12. The van der Waals surface area contributed by atoms with E-state index in [1.54, 1.807) is 0 Å². The number of esters is 1. The molecule has 0 N–H and O–H groups in total. The van der Waals surface area contributed by atoms with Gasteiger partial charge in [-0.15, -0.1) is 0 Å². The van der Waals surface area contributed by atoms with Gasteiger partial charge in [0.05, 0.1) is 6.61 Å². The lowest BCUT2D eigenvalue weighted by Gasteiger charge is -2.17. The summed E-state index contributed by atoms with van der Waals surface area (Å²) in [5, 5.41) is 0. The quantitative estimate of drug-likeness (QED) is 0.0507. The Labute approximate surface area is 279 Å². The third kappa shape index (κ3) is 35.9. The van der Waals surface area contributed by atoms with Crippen molar-refractivity contribution >= 4 is 5.97 Å². The van der Waals surface area contributed by atoms with Gasteiger partial charge >= 0.3 is 5.97 Å². The summed E-state index contributed by atoms with van der Waals surface area (Å²) < 4.78 is 5.85. The first-order valence-electron chi connectivity index (χ1n) is 20.9. The lowest BCUT2D eigenvalue weighted by atomic mass is 9.94. The highest BCUT2D eigenvalue weighted by atomic mass is 16.5. The van der Waals surface area contributed by atoms with Gasteiger partial charge in [-0.1, -0.05) is 226 Å². The summed E-state index contributed by atoms with van der Waals surface area (Å²) in [6, 6.07) is 0. The molecule has 0 spiro atoms. The van der Waals surface area contributed by atoms with Gasteiger partial charge in [0.2, 0.25) is 0 Å². The molecule has 0 bridgehead atoms. The van der Waals surface area contributed by atoms with Crippen LogP contribution in [0.2, 0.25) is 0 Å². The second-order valence-corrected chi connectivity index (χ2v) is 14.5. The molecule has 0 aliphatic rings. The fourth-order valence-electron chi connectivity index (χ4n) is 6.72. The molecule has 0 saturated heterocycles. The van der Waals surface area contributed by atoms with Crippen LogP contribution in [0.5, 0.6) is 0 Å². The van der Waals surface area contributed by atoms with Gasteiger partial charge in [-0.2, -0.15) is 0 Å². The van der Waals surface area contributed by atoms with Crippen molar-refractivity contribution in [2.45, 2.75) is 252 Å². The maximum absolute atomic E-state index is 12.5. The van der Waals surface area contributed by atoms with Crippen molar-refractivity contribution in [2.24, 2.45) is 5.92 Å². The molecule has 0 saturated carbocycles. The molecule has 0 aliphatic heterocycles. The highest BCUT2D eigenvalue weighted by Crippen LogP contribution is 2.21. The van der Waals surface area contributed by atoms with Gasteiger partial charge in [0, 0.05) is 6.42 Å². The van der Waals surface area contributed by atoms with Crippen LogP contribution in [0.25, 0.3) is 0 Å². The molecule has 1 atom stereocenters. The van der Waals surface area contributed by atoms with E-state index in [0.717, 1.165) is 6.42 Å². The number of unbranched alkanes of at least 4 members (excludes halogenated alkanes) is 30. The molecule has 0 rings (SSSR count). The molecule has 0 radical (unpaired) electrons. The van der Waals surface area contributed by atoms with Crippen LogP contribution in [0.3, 0.4) is 0 Å². The van der Waals surface area contributed by atoms with E-state index in [1.807, 2.05) is 0 Å². The molecule has 2 heteroatoms. The molecule has 0 aromatic heterocycles. The zero-order chi connectivity index (χ0) is 32.0. The lowest BCUT2D eigenvalue weighted by molar-refractivity contribution is -0.145. The van der Waals surface area contributed by atoms with Gasteiger partial charge in [-0.25, -0.2) is 0 Å². The Hall–Kier alpha value is -0.530. The van der Waals surface area contributed by atoms with Crippen LogP contribution in [-0.4, -0.2) is 12.6 Å². The van der Waals surface area contributed by atoms with Crippen molar-refractivity contribution in [1.29, 1.82) is 0 Å². The molecule has 2 nitrogen and oxygen atoms in total. The minimum absolute atomic E-state index is 0.0590. The number of ether oxygens (including phenoxy) is 1. The predicted molar refractivity (Wildman–Crippen MR) is 198 cm³/mol. The summed E-state index contributed by atoms with van der Waals surface area (Å²) in [6.45, 7) is 7.56. The van der Waals surface area contributed by atoms with Crippen molar-refractivity contribution < 1.29 is 9.53 Å². The Kier molecular flexibility index (Phi) is 38.2. The number of hydrogen-bond donors (Lipinski definition) is 0. The monoisotopic (exact) mass is 621 g/mol. The van der Waals surface area contributed by atoms with Gasteiger partial charge < -0.3 is 4.74 Å². The largest absolute Gasteiger partial charge is 0.465 e. The van der Waals surface area contributed by atoms with E-state index in [2.05, 4.69) is 20.8 Å². The first-order valence-corrected chi connectivity index (χ1v) is 20.9. The van der Waals surface area contributed by atoms with E-state index in [9.17, 15) is 4.79 Å². The van der Waals surface area contributed by atoms with Crippen molar-refractivity contribution in [3.05, 3.63) is 0 Å². The third-order valence-corrected chi connectivity index (χ3v) is 9.90. The van der Waals surface area contributed by atoms with Crippen LogP contribution >= 0.6 is 0 Å². The topological polar surface area (TPSA) is 26.3 Å². The highest BCUT2D eigenvalue weighted by molar-refractivity contribution is 5.69. The average molecular weight is 621 g/mol. The zero-order valence-electron chi connectivity index (χ0n) is 31.1. The Bertz CT molecular complexity index is 530. The Balaban J connectivity index is 3.90. The summed E-state index contributed by atoms with van der Waals surface area (Å²) in [7, 11) is 0. The molecule has 0 aromatic carbocycles. The van der Waals surface area contributed by atoms with E-state index in [4.69, 9.17) is 4.74 Å². The molecule has 1 unspecified atom stereocenters. The summed E-state index contributed by atoms with van der Waals surface area (Å²) in [5.41, 5.74) is 0. The normalized spacial score (nSPS) is 12.2. The number of carbonyl (C=O) groups excluding carboxylic acids is 1. The van der Waals surface area contributed by atoms with E-state index in [1.165, 1.54) is 218 Å². The van der Waals surface area contributed by atoms with Gasteiger partial charge in [0.15, 0.2) is 0 Å². The van der Waals surface area contributed by atoms with Crippen molar-refractivity contribution in [1.82, 2.24) is 0 Å². The second-order valence-electron chi connectivity index (χ2n) is 14.5. The van der Waals surface area contributed by atoms with Crippen molar-refractivity contribution in [3.63, 3.8) is 0 Å². The van der Waals surface area contributed by atoms with Crippen LogP contribution in [0.1, 0.15) is 252 Å². The molecular weight excluding hydrogens is 536 g/mol. The van der Waals surface area contributed by atoms with Crippen molar-refractivity contribution in [2.75, 3.05) is 6.61 Å². The fourth-order valence-corrected chi connectivity index (χ4v) is 6.72. The van der Waals surface area contributed by atoms with Crippen LogP contribution in [0.15, 0.2) is 0 Å². The van der Waals surface area contributed by atoms with Gasteiger partial charge in [-0.3, -0.25) is 4.79 Å². The molecule has 0 aromatic rings. The van der Waals surface area contributed by atoms with Crippen LogP contribution < -0.4 is 0 Å². The maximum atomic E-state index is 12.5. The Morgan fingerprint density at radius 3 is 0.909 bits per heavy atom. The minimum atomic E-state index is 0.0590. The summed E-state index contributed by atoms with van der Waals surface area (Å²) >= 11 is 0.